The summed E-state index contributed by atoms with van der Waals surface area (Å²) in [4.78, 5) is 13.9. The molecule has 0 spiro atoms. The lowest BCUT2D eigenvalue weighted by atomic mass is 10.2. The highest BCUT2D eigenvalue weighted by molar-refractivity contribution is 6.01. The molecule has 2 amide bonds. The third-order valence-corrected chi connectivity index (χ3v) is 3.01. The minimum Gasteiger partial charge on any atom is -0.399 e. The third kappa shape index (κ3) is 3.72. The maximum atomic E-state index is 13.6. The zero-order valence-corrected chi connectivity index (χ0v) is 11.8. The molecule has 0 aliphatic rings. The number of rotatable bonds is 4. The number of nitrogens with one attached hydrogen (secondary N) is 1. The molecule has 21 heavy (non-hydrogen) atoms. The van der Waals surface area contributed by atoms with E-state index in [4.69, 9.17) is 5.73 Å². The zero-order chi connectivity index (χ0) is 15.2. The molecule has 0 heterocycles. The molecular formula is C16H18FN3O. The molecule has 0 atom stereocenters. The van der Waals surface area contributed by atoms with Gasteiger partial charge in [-0.3, -0.25) is 4.90 Å². The fourth-order valence-corrected chi connectivity index (χ4v) is 1.97. The van der Waals surface area contributed by atoms with E-state index < -0.39 is 5.82 Å². The maximum absolute atomic E-state index is 13.6. The van der Waals surface area contributed by atoms with Crippen LogP contribution in [0.4, 0.5) is 26.2 Å². The Labute approximate surface area is 123 Å². The van der Waals surface area contributed by atoms with Gasteiger partial charge in [0.2, 0.25) is 0 Å². The molecule has 0 fully saturated rings. The number of nitrogens with two attached hydrogens (primary N) is 1. The van der Waals surface area contributed by atoms with E-state index in [0.717, 1.165) is 12.1 Å². The first-order valence-corrected chi connectivity index (χ1v) is 6.80. The fraction of sp³-hybridized carbons (Fsp3) is 0.188. The Kier molecular flexibility index (Phi) is 4.77. The Hall–Kier alpha value is -2.56. The summed E-state index contributed by atoms with van der Waals surface area (Å²) in [5, 5.41) is 2.59. The van der Waals surface area contributed by atoms with Crippen LogP contribution in [0.5, 0.6) is 0 Å². The summed E-state index contributed by atoms with van der Waals surface area (Å²) in [5.74, 6) is -0.459. The first-order valence-electron chi connectivity index (χ1n) is 6.80. The lowest BCUT2D eigenvalue weighted by Crippen LogP contribution is -2.35. The number of anilines is 3. The van der Waals surface area contributed by atoms with Crippen molar-refractivity contribution in [1.82, 2.24) is 0 Å². The fourth-order valence-electron chi connectivity index (χ4n) is 1.97. The lowest BCUT2D eigenvalue weighted by Gasteiger charge is -2.23. The Morgan fingerprint density at radius 2 is 1.86 bits per heavy atom. The van der Waals surface area contributed by atoms with E-state index in [2.05, 4.69) is 5.32 Å². The minimum absolute atomic E-state index is 0.166. The van der Waals surface area contributed by atoms with Gasteiger partial charge in [-0.15, -0.1) is 0 Å². The Balaban J connectivity index is 2.20. The number of benzene rings is 2. The number of urea groups is 1. The van der Waals surface area contributed by atoms with Crippen molar-refractivity contribution in [3.8, 4) is 0 Å². The van der Waals surface area contributed by atoms with Crippen LogP contribution in [0.1, 0.15) is 13.3 Å². The molecular weight excluding hydrogens is 269 g/mol. The van der Waals surface area contributed by atoms with Crippen molar-refractivity contribution in [3.05, 3.63) is 54.3 Å². The molecule has 2 aromatic rings. The van der Waals surface area contributed by atoms with Crippen LogP contribution in [0.3, 0.4) is 0 Å². The van der Waals surface area contributed by atoms with E-state index in [9.17, 15) is 9.18 Å². The molecule has 0 unspecified atom stereocenters. The van der Waals surface area contributed by atoms with Gasteiger partial charge < -0.3 is 11.1 Å². The number of nitrogens with zero attached hydrogens (tertiary/aromatic N) is 1. The van der Waals surface area contributed by atoms with Gasteiger partial charge in [-0.25, -0.2) is 9.18 Å². The normalized spacial score (nSPS) is 10.2. The van der Waals surface area contributed by atoms with E-state index in [-0.39, 0.29) is 11.7 Å². The van der Waals surface area contributed by atoms with Gasteiger partial charge in [0.25, 0.3) is 0 Å². The monoisotopic (exact) mass is 287 g/mol. The minimum atomic E-state index is -0.459. The van der Waals surface area contributed by atoms with Crippen molar-refractivity contribution in [1.29, 1.82) is 0 Å². The second-order valence-electron chi connectivity index (χ2n) is 4.65. The molecule has 3 N–H and O–H groups in total. The van der Waals surface area contributed by atoms with Crippen LogP contribution in [0.2, 0.25) is 0 Å². The van der Waals surface area contributed by atoms with Gasteiger partial charge in [0.15, 0.2) is 0 Å². The summed E-state index contributed by atoms with van der Waals surface area (Å²) in [6.45, 7) is 2.50. The zero-order valence-electron chi connectivity index (χ0n) is 11.8. The average Bonchev–Trinajstić information content (AvgIpc) is 2.48. The van der Waals surface area contributed by atoms with Gasteiger partial charge in [-0.05, 0) is 42.8 Å². The summed E-state index contributed by atoms with van der Waals surface area (Å²) in [6, 6.07) is 12.7. The van der Waals surface area contributed by atoms with Gasteiger partial charge in [0.05, 0.1) is 5.69 Å². The van der Waals surface area contributed by atoms with E-state index >= 15 is 0 Å². The number of para-hydroxylation sites is 1. The van der Waals surface area contributed by atoms with Crippen LogP contribution in [0.15, 0.2) is 48.5 Å². The second kappa shape index (κ2) is 6.74. The SMILES string of the molecule is CCCN(C(=O)Nc1ccccc1F)c1ccc(N)cc1. The molecule has 0 aliphatic carbocycles. The number of hydrogen-bond acceptors (Lipinski definition) is 2. The summed E-state index contributed by atoms with van der Waals surface area (Å²) < 4.78 is 13.6. The highest BCUT2D eigenvalue weighted by atomic mass is 19.1. The molecule has 0 aliphatic heterocycles. The van der Waals surface area contributed by atoms with Crippen molar-refractivity contribution in [2.75, 3.05) is 22.5 Å². The van der Waals surface area contributed by atoms with Gasteiger partial charge in [0.1, 0.15) is 5.82 Å². The van der Waals surface area contributed by atoms with Crippen molar-refractivity contribution < 1.29 is 9.18 Å². The molecule has 0 radical (unpaired) electrons. The largest absolute Gasteiger partial charge is 0.399 e. The Bertz CT molecular complexity index is 613. The van der Waals surface area contributed by atoms with Gasteiger partial charge in [0, 0.05) is 17.9 Å². The van der Waals surface area contributed by atoms with Crippen LogP contribution in [-0.4, -0.2) is 12.6 Å². The first-order chi connectivity index (χ1) is 10.1. The van der Waals surface area contributed by atoms with E-state index in [1.54, 1.807) is 41.3 Å². The predicted octanol–water partition coefficient (Wildman–Crippen LogP) is 3.86. The van der Waals surface area contributed by atoms with Crippen LogP contribution in [0, 0.1) is 5.82 Å². The molecule has 110 valence electrons. The molecule has 5 heteroatoms. The Morgan fingerprint density at radius 3 is 2.48 bits per heavy atom. The number of amides is 2. The molecule has 2 rings (SSSR count). The molecule has 2 aromatic carbocycles. The van der Waals surface area contributed by atoms with Gasteiger partial charge in [-0.1, -0.05) is 19.1 Å². The van der Waals surface area contributed by atoms with Gasteiger partial charge >= 0.3 is 6.03 Å². The summed E-state index contributed by atoms with van der Waals surface area (Å²) in [7, 11) is 0. The maximum Gasteiger partial charge on any atom is 0.326 e. The number of carbonyl (C=O) groups excluding carboxylic acids is 1. The highest BCUT2D eigenvalue weighted by Crippen LogP contribution is 2.19. The standard InChI is InChI=1S/C16H18FN3O/c1-2-11-20(13-9-7-12(18)8-10-13)16(21)19-15-6-4-3-5-14(15)17/h3-10H,2,11,18H2,1H3,(H,19,21). The van der Waals surface area contributed by atoms with Crippen molar-refractivity contribution >= 4 is 23.1 Å². The lowest BCUT2D eigenvalue weighted by molar-refractivity contribution is 0.256. The topological polar surface area (TPSA) is 58.4 Å². The highest BCUT2D eigenvalue weighted by Gasteiger charge is 2.16. The van der Waals surface area contributed by atoms with Crippen molar-refractivity contribution in [3.63, 3.8) is 0 Å². The van der Waals surface area contributed by atoms with Crippen LogP contribution in [-0.2, 0) is 0 Å². The molecule has 0 bridgehead atoms. The summed E-state index contributed by atoms with van der Waals surface area (Å²) >= 11 is 0. The molecule has 0 aromatic heterocycles. The molecule has 0 saturated carbocycles. The number of hydrogen-bond donors (Lipinski definition) is 2. The third-order valence-electron chi connectivity index (χ3n) is 3.01. The average molecular weight is 287 g/mol. The first kappa shape index (κ1) is 14.8. The van der Waals surface area contributed by atoms with Crippen molar-refractivity contribution in [2.45, 2.75) is 13.3 Å². The van der Waals surface area contributed by atoms with E-state index in [1.165, 1.54) is 12.1 Å². The summed E-state index contributed by atoms with van der Waals surface area (Å²) in [6.07, 6.45) is 0.787. The van der Waals surface area contributed by atoms with Crippen LogP contribution >= 0.6 is 0 Å². The predicted molar refractivity (Wildman–Crippen MR) is 83.9 cm³/mol. The molecule has 0 saturated heterocycles. The second-order valence-corrected chi connectivity index (χ2v) is 4.65. The molecule has 4 nitrogen and oxygen atoms in total. The van der Waals surface area contributed by atoms with Gasteiger partial charge in [-0.2, -0.15) is 0 Å². The Morgan fingerprint density at radius 1 is 1.19 bits per heavy atom. The van der Waals surface area contributed by atoms with E-state index in [0.29, 0.717) is 12.2 Å². The van der Waals surface area contributed by atoms with Crippen molar-refractivity contribution in [2.24, 2.45) is 0 Å². The summed E-state index contributed by atoms with van der Waals surface area (Å²) in [5.41, 5.74) is 7.17. The quantitative estimate of drug-likeness (QED) is 0.839. The number of carbonyl (C=O) groups is 1. The number of halogens is 1. The van der Waals surface area contributed by atoms with Crippen LogP contribution < -0.4 is 16.0 Å². The smallest absolute Gasteiger partial charge is 0.326 e. The number of nitrogen functional groups attached to an aromatic ring is 1. The van der Waals surface area contributed by atoms with E-state index in [1.807, 2.05) is 6.92 Å². The van der Waals surface area contributed by atoms with Crippen LogP contribution in [0.25, 0.3) is 0 Å².